The van der Waals surface area contributed by atoms with E-state index in [0.717, 1.165) is 27.3 Å². The van der Waals surface area contributed by atoms with Gasteiger partial charge >= 0.3 is 0 Å². The Hall–Kier alpha value is -3.59. The van der Waals surface area contributed by atoms with Gasteiger partial charge in [-0.3, -0.25) is 4.79 Å². The van der Waals surface area contributed by atoms with Crippen molar-refractivity contribution in [2.45, 2.75) is 0 Å². The quantitative estimate of drug-likeness (QED) is 0.325. The van der Waals surface area contributed by atoms with Crippen LogP contribution in [0, 0.1) is 0 Å². The van der Waals surface area contributed by atoms with Crippen LogP contribution in [0.4, 0.5) is 0 Å². The largest absolute Gasteiger partial charge is 0.508 e. The smallest absolute Gasteiger partial charge is 0.190 e. The van der Waals surface area contributed by atoms with Crippen molar-refractivity contribution in [3.63, 3.8) is 0 Å². The maximum Gasteiger partial charge on any atom is 0.190 e. The molecule has 124 valence electrons. The third-order valence-corrected chi connectivity index (χ3v) is 4.74. The molecule has 1 N–H and O–H groups in total. The van der Waals surface area contributed by atoms with Gasteiger partial charge in [0, 0.05) is 22.4 Å². The second-order valence-corrected chi connectivity index (χ2v) is 6.32. The highest BCUT2D eigenvalue weighted by Crippen LogP contribution is 2.39. The molecule has 0 aliphatic carbocycles. The molecule has 0 saturated carbocycles. The van der Waals surface area contributed by atoms with E-state index < -0.39 is 0 Å². The number of rotatable bonds is 1. The van der Waals surface area contributed by atoms with Gasteiger partial charge < -0.3 is 9.52 Å². The first kappa shape index (κ1) is 14.7. The summed E-state index contributed by atoms with van der Waals surface area (Å²) in [5, 5.41) is 13.1. The lowest BCUT2D eigenvalue weighted by Crippen LogP contribution is -1.99. The number of hydrogen-bond acceptors (Lipinski definition) is 3. The van der Waals surface area contributed by atoms with Gasteiger partial charge in [-0.05, 0) is 35.2 Å². The van der Waals surface area contributed by atoms with Crippen LogP contribution in [0.5, 0.6) is 5.75 Å². The highest BCUT2D eigenvalue weighted by atomic mass is 16.3. The number of phenolic OH excluding ortho intramolecular Hbond substituents is 1. The molecule has 0 spiro atoms. The lowest BCUT2D eigenvalue weighted by atomic mass is 9.95. The normalized spacial score (nSPS) is 11.4. The molecular formula is C23H14O3. The fourth-order valence-corrected chi connectivity index (χ4v) is 3.59. The Kier molecular flexibility index (Phi) is 3.09. The SMILES string of the molecule is O=c1cccc2ccc3c(-c4ccccc4)c4ccc(O)cc4oc3c12. The van der Waals surface area contributed by atoms with Crippen molar-refractivity contribution >= 4 is 32.7 Å². The minimum Gasteiger partial charge on any atom is -0.508 e. The molecular weight excluding hydrogens is 324 g/mol. The highest BCUT2D eigenvalue weighted by molar-refractivity contribution is 6.15. The Morgan fingerprint density at radius 1 is 0.769 bits per heavy atom. The van der Waals surface area contributed by atoms with Crippen LogP contribution in [-0.4, -0.2) is 5.11 Å². The van der Waals surface area contributed by atoms with Gasteiger partial charge in [-0.1, -0.05) is 48.5 Å². The van der Waals surface area contributed by atoms with Crippen LogP contribution in [0.1, 0.15) is 0 Å². The summed E-state index contributed by atoms with van der Waals surface area (Å²) >= 11 is 0. The lowest BCUT2D eigenvalue weighted by Gasteiger charge is -2.13. The predicted molar refractivity (Wildman–Crippen MR) is 105 cm³/mol. The van der Waals surface area contributed by atoms with Crippen LogP contribution in [-0.2, 0) is 0 Å². The number of hydrogen-bond donors (Lipinski definition) is 1. The predicted octanol–water partition coefficient (Wildman–Crippen LogP) is 5.47. The van der Waals surface area contributed by atoms with Crippen molar-refractivity contribution in [2.75, 3.05) is 0 Å². The summed E-state index contributed by atoms with van der Waals surface area (Å²) in [7, 11) is 0. The van der Waals surface area contributed by atoms with E-state index in [1.54, 1.807) is 24.3 Å². The topological polar surface area (TPSA) is 50.4 Å². The zero-order chi connectivity index (χ0) is 17.7. The van der Waals surface area contributed by atoms with Gasteiger partial charge in [0.05, 0.1) is 5.39 Å². The summed E-state index contributed by atoms with van der Waals surface area (Å²) in [6, 6.07) is 24.2. The summed E-state index contributed by atoms with van der Waals surface area (Å²) in [6.07, 6.45) is 0. The number of aromatic hydroxyl groups is 1. The molecule has 0 aliphatic heterocycles. The molecule has 5 aromatic rings. The zero-order valence-corrected chi connectivity index (χ0v) is 13.8. The number of benzene rings is 4. The van der Waals surface area contributed by atoms with Crippen LogP contribution in [0.3, 0.4) is 0 Å². The average molecular weight is 338 g/mol. The van der Waals surface area contributed by atoms with E-state index in [-0.39, 0.29) is 11.2 Å². The van der Waals surface area contributed by atoms with E-state index in [2.05, 4.69) is 0 Å². The van der Waals surface area contributed by atoms with E-state index in [1.807, 2.05) is 54.6 Å². The Morgan fingerprint density at radius 3 is 2.42 bits per heavy atom. The summed E-state index contributed by atoms with van der Waals surface area (Å²) in [4.78, 5) is 12.5. The molecule has 0 fully saturated rings. The van der Waals surface area contributed by atoms with Crippen LogP contribution in [0.15, 0.2) is 88.1 Å². The van der Waals surface area contributed by atoms with E-state index >= 15 is 0 Å². The Morgan fingerprint density at radius 2 is 1.58 bits per heavy atom. The molecule has 26 heavy (non-hydrogen) atoms. The van der Waals surface area contributed by atoms with Crippen molar-refractivity contribution in [3.05, 3.63) is 89.1 Å². The van der Waals surface area contributed by atoms with Gasteiger partial charge in [0.2, 0.25) is 0 Å². The van der Waals surface area contributed by atoms with E-state index in [4.69, 9.17) is 4.42 Å². The van der Waals surface area contributed by atoms with Crippen molar-refractivity contribution in [2.24, 2.45) is 0 Å². The summed E-state index contributed by atoms with van der Waals surface area (Å²) in [5.41, 5.74) is 3.05. The molecule has 0 amide bonds. The van der Waals surface area contributed by atoms with Crippen LogP contribution in [0.25, 0.3) is 43.8 Å². The standard InChI is InChI=1S/C23H14O3/c24-16-10-12-17-20(13-16)26-23-18(21(17)14-5-2-1-3-6-14)11-9-15-7-4-8-19(25)22(15)23/h1-13,24H. The average Bonchev–Trinajstić information content (AvgIpc) is 2.66. The third kappa shape index (κ3) is 2.11. The monoisotopic (exact) mass is 338 g/mol. The maximum absolute atomic E-state index is 12.5. The molecule has 4 aromatic carbocycles. The molecule has 3 nitrogen and oxygen atoms in total. The van der Waals surface area contributed by atoms with Crippen molar-refractivity contribution in [1.29, 1.82) is 0 Å². The minimum atomic E-state index is -0.0737. The van der Waals surface area contributed by atoms with Crippen molar-refractivity contribution < 1.29 is 9.52 Å². The molecule has 3 heteroatoms. The number of fused-ring (bicyclic) bond motifs is 4. The van der Waals surface area contributed by atoms with Crippen molar-refractivity contribution in [3.8, 4) is 16.9 Å². The molecule has 1 heterocycles. The van der Waals surface area contributed by atoms with Gasteiger partial charge in [0.15, 0.2) is 5.43 Å². The molecule has 1 aromatic heterocycles. The molecule has 0 aliphatic rings. The Labute approximate surface area is 148 Å². The van der Waals surface area contributed by atoms with Gasteiger partial charge in [-0.2, -0.15) is 0 Å². The van der Waals surface area contributed by atoms with Crippen molar-refractivity contribution in [1.82, 2.24) is 0 Å². The van der Waals surface area contributed by atoms with E-state index in [0.29, 0.717) is 16.6 Å². The van der Waals surface area contributed by atoms with Crippen LogP contribution >= 0.6 is 0 Å². The first-order chi connectivity index (χ1) is 12.7. The second-order valence-electron chi connectivity index (χ2n) is 6.32. The van der Waals surface area contributed by atoms with Crippen LogP contribution in [0.2, 0.25) is 0 Å². The van der Waals surface area contributed by atoms with E-state index in [9.17, 15) is 9.90 Å². The summed E-state index contributed by atoms with van der Waals surface area (Å²) < 4.78 is 6.12. The first-order valence-corrected chi connectivity index (χ1v) is 8.39. The lowest BCUT2D eigenvalue weighted by molar-refractivity contribution is 0.474. The second kappa shape index (κ2) is 5.46. The highest BCUT2D eigenvalue weighted by Gasteiger charge is 2.15. The number of phenols is 1. The fourth-order valence-electron chi connectivity index (χ4n) is 3.59. The molecule has 0 radical (unpaired) electrons. The Balaban J connectivity index is 2.09. The van der Waals surface area contributed by atoms with Gasteiger partial charge in [-0.25, -0.2) is 0 Å². The first-order valence-electron chi connectivity index (χ1n) is 8.39. The molecule has 0 unspecified atom stereocenters. The molecule has 5 rings (SSSR count). The zero-order valence-electron chi connectivity index (χ0n) is 13.8. The third-order valence-electron chi connectivity index (χ3n) is 4.74. The van der Waals surface area contributed by atoms with Gasteiger partial charge in [0.1, 0.15) is 16.9 Å². The van der Waals surface area contributed by atoms with E-state index in [1.165, 1.54) is 0 Å². The Bertz CT molecular complexity index is 1350. The molecule has 0 saturated heterocycles. The fraction of sp³-hybridized carbons (Fsp3) is 0. The molecule has 0 atom stereocenters. The summed E-state index contributed by atoms with van der Waals surface area (Å²) in [5.74, 6) is 0.127. The van der Waals surface area contributed by atoms with Gasteiger partial charge in [-0.15, -0.1) is 0 Å². The molecule has 0 bridgehead atoms. The minimum absolute atomic E-state index is 0.0737. The maximum atomic E-state index is 12.5. The van der Waals surface area contributed by atoms with Crippen LogP contribution < -0.4 is 5.43 Å². The summed E-state index contributed by atoms with van der Waals surface area (Å²) in [6.45, 7) is 0. The van der Waals surface area contributed by atoms with Gasteiger partial charge in [0.25, 0.3) is 0 Å².